The zero-order valence-corrected chi connectivity index (χ0v) is 11.0. The molecule has 1 fully saturated rings. The molecule has 2 rings (SSSR count). The number of hydrogen-bond donors (Lipinski definition) is 1. The molecule has 0 aliphatic carbocycles. The number of likely N-dealkylation sites (N-methyl/N-ethyl adjacent to an activating group) is 1. The highest BCUT2D eigenvalue weighted by Gasteiger charge is 2.39. The van der Waals surface area contributed by atoms with Gasteiger partial charge in [-0.05, 0) is 24.6 Å². The van der Waals surface area contributed by atoms with Crippen LogP contribution in [0, 0.1) is 0 Å². The number of carbonyl (C=O) groups excluding carboxylic acids is 1. The Bertz CT molecular complexity index is 421. The number of nitrogens with one attached hydrogen (secondary N) is 1. The Hall–Kier alpha value is -0.870. The Balaban J connectivity index is 2.41. The van der Waals surface area contributed by atoms with Crippen molar-refractivity contribution in [2.75, 3.05) is 20.1 Å². The Morgan fingerprint density at radius 3 is 2.94 bits per heavy atom. The van der Waals surface area contributed by atoms with Crippen LogP contribution < -0.4 is 5.32 Å². The molecular weight excluding hydrogens is 268 g/mol. The minimum absolute atomic E-state index is 0.122. The molecule has 1 aliphatic rings. The highest BCUT2D eigenvalue weighted by molar-refractivity contribution is 9.10. The molecule has 1 atom stereocenters. The van der Waals surface area contributed by atoms with Gasteiger partial charge in [0, 0.05) is 24.6 Å². The maximum absolute atomic E-state index is 12.2. The van der Waals surface area contributed by atoms with Crippen LogP contribution in [0.2, 0.25) is 0 Å². The number of hydrogen-bond acceptors (Lipinski definition) is 2. The zero-order valence-electron chi connectivity index (χ0n) is 9.46. The molecule has 1 aromatic rings. The van der Waals surface area contributed by atoms with Gasteiger partial charge in [-0.2, -0.15) is 0 Å². The summed E-state index contributed by atoms with van der Waals surface area (Å²) in [5.74, 6) is 0.122. The van der Waals surface area contributed by atoms with Gasteiger partial charge in [-0.3, -0.25) is 10.1 Å². The zero-order chi connectivity index (χ0) is 11.8. The van der Waals surface area contributed by atoms with Gasteiger partial charge in [-0.15, -0.1) is 0 Å². The summed E-state index contributed by atoms with van der Waals surface area (Å²) in [6.07, 6.45) is 0. The van der Waals surface area contributed by atoms with Crippen molar-refractivity contribution in [2.45, 2.75) is 12.5 Å². The van der Waals surface area contributed by atoms with Gasteiger partial charge in [-0.25, -0.2) is 0 Å². The molecule has 1 aliphatic heterocycles. The van der Waals surface area contributed by atoms with E-state index in [0.29, 0.717) is 0 Å². The molecule has 1 N–H and O–H groups in total. The van der Waals surface area contributed by atoms with Crippen molar-refractivity contribution < 1.29 is 4.79 Å². The summed E-state index contributed by atoms with van der Waals surface area (Å²) in [5, 5.41) is 3.31. The standard InChI is InChI=1S/C12H15BrN2O/c1-12(9-4-3-5-10(13)8-9)11(16)15(2)7-6-14-12/h3-5,8,14H,6-7H2,1-2H3. The van der Waals surface area contributed by atoms with Crippen LogP contribution in [0.1, 0.15) is 12.5 Å². The van der Waals surface area contributed by atoms with E-state index in [1.807, 2.05) is 38.2 Å². The number of benzene rings is 1. The Morgan fingerprint density at radius 2 is 2.25 bits per heavy atom. The molecule has 1 heterocycles. The second-order valence-electron chi connectivity index (χ2n) is 4.29. The first-order chi connectivity index (χ1) is 7.54. The van der Waals surface area contributed by atoms with Crippen LogP contribution in [-0.2, 0) is 10.3 Å². The number of halogens is 1. The van der Waals surface area contributed by atoms with Crippen LogP contribution in [0.15, 0.2) is 28.7 Å². The van der Waals surface area contributed by atoms with Crippen LogP contribution in [0.4, 0.5) is 0 Å². The Labute approximate surface area is 104 Å². The summed E-state index contributed by atoms with van der Waals surface area (Å²) in [5.41, 5.74) is 0.398. The van der Waals surface area contributed by atoms with Crippen molar-refractivity contribution in [3.63, 3.8) is 0 Å². The van der Waals surface area contributed by atoms with E-state index in [-0.39, 0.29) is 5.91 Å². The fraction of sp³-hybridized carbons (Fsp3) is 0.417. The summed E-state index contributed by atoms with van der Waals surface area (Å²) in [7, 11) is 1.85. The van der Waals surface area contributed by atoms with Gasteiger partial charge >= 0.3 is 0 Å². The van der Waals surface area contributed by atoms with Crippen molar-refractivity contribution >= 4 is 21.8 Å². The Kier molecular flexibility index (Phi) is 3.04. The van der Waals surface area contributed by atoms with E-state index in [2.05, 4.69) is 21.2 Å². The minimum Gasteiger partial charge on any atom is -0.343 e. The SMILES string of the molecule is CN1CCNC(C)(c2cccc(Br)c2)C1=O. The molecular formula is C12H15BrN2O. The minimum atomic E-state index is -0.600. The third kappa shape index (κ3) is 1.87. The first-order valence-corrected chi connectivity index (χ1v) is 6.10. The Morgan fingerprint density at radius 1 is 1.50 bits per heavy atom. The van der Waals surface area contributed by atoms with Crippen molar-refractivity contribution in [1.82, 2.24) is 10.2 Å². The van der Waals surface area contributed by atoms with Crippen LogP contribution in [0.3, 0.4) is 0 Å². The molecule has 1 unspecified atom stereocenters. The first-order valence-electron chi connectivity index (χ1n) is 5.31. The maximum atomic E-state index is 12.2. The lowest BCUT2D eigenvalue weighted by atomic mass is 9.89. The van der Waals surface area contributed by atoms with Crippen molar-refractivity contribution in [1.29, 1.82) is 0 Å². The topological polar surface area (TPSA) is 32.3 Å². The van der Waals surface area contributed by atoms with Crippen LogP contribution in [-0.4, -0.2) is 30.9 Å². The lowest BCUT2D eigenvalue weighted by Gasteiger charge is -2.39. The maximum Gasteiger partial charge on any atom is 0.246 e. The summed E-state index contributed by atoms with van der Waals surface area (Å²) in [6, 6.07) is 7.89. The number of rotatable bonds is 1. The highest BCUT2D eigenvalue weighted by Crippen LogP contribution is 2.27. The molecule has 0 aromatic heterocycles. The molecule has 0 saturated carbocycles. The third-order valence-electron chi connectivity index (χ3n) is 3.10. The van der Waals surface area contributed by atoms with Gasteiger partial charge in [0.2, 0.25) is 5.91 Å². The average Bonchev–Trinajstić information content (AvgIpc) is 2.26. The van der Waals surface area contributed by atoms with Crippen LogP contribution in [0.5, 0.6) is 0 Å². The first kappa shape index (κ1) is 11.6. The molecule has 86 valence electrons. The van der Waals surface area contributed by atoms with E-state index < -0.39 is 5.54 Å². The number of amides is 1. The lowest BCUT2D eigenvalue weighted by Crippen LogP contribution is -2.59. The monoisotopic (exact) mass is 282 g/mol. The van der Waals surface area contributed by atoms with Crippen molar-refractivity contribution in [3.05, 3.63) is 34.3 Å². The van der Waals surface area contributed by atoms with Crippen LogP contribution in [0.25, 0.3) is 0 Å². The molecule has 4 heteroatoms. The van der Waals surface area contributed by atoms with Crippen LogP contribution >= 0.6 is 15.9 Å². The van der Waals surface area contributed by atoms with E-state index in [4.69, 9.17) is 0 Å². The number of nitrogens with zero attached hydrogens (tertiary/aromatic N) is 1. The smallest absolute Gasteiger partial charge is 0.246 e. The van der Waals surface area contributed by atoms with E-state index >= 15 is 0 Å². The molecule has 0 spiro atoms. The quantitative estimate of drug-likeness (QED) is 0.851. The van der Waals surface area contributed by atoms with Gasteiger partial charge in [0.15, 0.2) is 0 Å². The van der Waals surface area contributed by atoms with E-state index in [0.717, 1.165) is 23.1 Å². The summed E-state index contributed by atoms with van der Waals surface area (Å²) >= 11 is 3.44. The normalized spacial score (nSPS) is 25.9. The summed E-state index contributed by atoms with van der Waals surface area (Å²) in [6.45, 7) is 3.53. The number of carbonyl (C=O) groups is 1. The molecule has 1 saturated heterocycles. The molecule has 0 radical (unpaired) electrons. The van der Waals surface area contributed by atoms with E-state index in [1.54, 1.807) is 4.90 Å². The highest BCUT2D eigenvalue weighted by atomic mass is 79.9. The van der Waals surface area contributed by atoms with E-state index in [9.17, 15) is 4.79 Å². The molecule has 16 heavy (non-hydrogen) atoms. The van der Waals surface area contributed by atoms with Crippen molar-refractivity contribution in [3.8, 4) is 0 Å². The molecule has 1 aromatic carbocycles. The largest absolute Gasteiger partial charge is 0.343 e. The third-order valence-corrected chi connectivity index (χ3v) is 3.60. The fourth-order valence-corrected chi connectivity index (χ4v) is 2.46. The number of piperazine rings is 1. The second-order valence-corrected chi connectivity index (χ2v) is 5.20. The van der Waals surface area contributed by atoms with Gasteiger partial charge in [-0.1, -0.05) is 28.1 Å². The summed E-state index contributed by atoms with van der Waals surface area (Å²) in [4.78, 5) is 14.0. The predicted octanol–water partition coefficient (Wildman–Crippen LogP) is 1.73. The van der Waals surface area contributed by atoms with Gasteiger partial charge in [0.1, 0.15) is 5.54 Å². The fourth-order valence-electron chi connectivity index (χ4n) is 2.06. The van der Waals surface area contributed by atoms with Gasteiger partial charge in [0.05, 0.1) is 0 Å². The van der Waals surface area contributed by atoms with Gasteiger partial charge < -0.3 is 4.90 Å². The molecule has 1 amide bonds. The lowest BCUT2D eigenvalue weighted by molar-refractivity contribution is -0.139. The predicted molar refractivity (Wildman–Crippen MR) is 67.1 cm³/mol. The van der Waals surface area contributed by atoms with Gasteiger partial charge in [0.25, 0.3) is 0 Å². The average molecular weight is 283 g/mol. The van der Waals surface area contributed by atoms with E-state index in [1.165, 1.54) is 0 Å². The molecule has 0 bridgehead atoms. The van der Waals surface area contributed by atoms with Crippen molar-refractivity contribution in [2.24, 2.45) is 0 Å². The second kappa shape index (κ2) is 4.18. The molecule has 3 nitrogen and oxygen atoms in total. The summed E-state index contributed by atoms with van der Waals surface area (Å²) < 4.78 is 0.994.